The fourth-order valence-electron chi connectivity index (χ4n) is 7.30. The number of amides is 1. The number of sulfone groups is 1. The summed E-state index contributed by atoms with van der Waals surface area (Å²) in [4.78, 5) is 17.1. The molecule has 3 aliphatic rings. The number of alkyl carbamates (subject to hydrolysis) is 1. The van der Waals surface area contributed by atoms with Crippen molar-refractivity contribution in [2.45, 2.75) is 48.5 Å². The van der Waals surface area contributed by atoms with Crippen LogP contribution >= 0.6 is 0 Å². The minimum Gasteiger partial charge on any atom is -0.446 e. The van der Waals surface area contributed by atoms with Crippen LogP contribution in [0.4, 0.5) is 14.9 Å². The molecule has 2 saturated heterocycles. The summed E-state index contributed by atoms with van der Waals surface area (Å²) < 4.78 is 44.2. The molecule has 0 spiro atoms. The Morgan fingerprint density at radius 1 is 1.17 bits per heavy atom. The third-order valence-corrected chi connectivity index (χ3v) is 10.8. The van der Waals surface area contributed by atoms with E-state index in [9.17, 15) is 22.9 Å². The number of anilines is 1. The number of hydrogen-bond donors (Lipinski definition) is 1. The molecule has 1 amide bonds. The number of nitrogens with zero attached hydrogens (tertiary/aromatic N) is 3. The zero-order chi connectivity index (χ0) is 29.9. The molecule has 0 aromatic heterocycles. The van der Waals surface area contributed by atoms with Crippen molar-refractivity contribution in [1.29, 1.82) is 5.26 Å². The summed E-state index contributed by atoms with van der Waals surface area (Å²) in [6.45, 7) is 7.84. The summed E-state index contributed by atoms with van der Waals surface area (Å²) in [6, 6.07) is 16.0. The number of likely N-dealkylation sites (tertiary alicyclic amines) is 1. The van der Waals surface area contributed by atoms with E-state index >= 15 is 0 Å². The second-order valence-electron chi connectivity index (χ2n) is 11.8. The van der Waals surface area contributed by atoms with Gasteiger partial charge >= 0.3 is 6.09 Å². The van der Waals surface area contributed by atoms with Crippen LogP contribution in [0.2, 0.25) is 0 Å². The maximum absolute atomic E-state index is 14.5. The minimum atomic E-state index is -3.44. The van der Waals surface area contributed by atoms with Crippen LogP contribution in [0.1, 0.15) is 37.7 Å². The van der Waals surface area contributed by atoms with E-state index in [4.69, 9.17) is 4.74 Å². The molecular weight excluding hydrogens is 555 g/mol. The third-order valence-electron chi connectivity index (χ3n) is 9.44. The van der Waals surface area contributed by atoms with Crippen LogP contribution < -0.4 is 10.2 Å². The van der Waals surface area contributed by atoms with E-state index in [-0.39, 0.29) is 22.5 Å². The molecule has 0 bridgehead atoms. The van der Waals surface area contributed by atoms with E-state index in [1.165, 1.54) is 19.2 Å². The fraction of sp³-hybridized carbons (Fsp3) is 0.500. The van der Waals surface area contributed by atoms with Crippen molar-refractivity contribution in [3.8, 4) is 6.07 Å². The number of carbonyl (C=O) groups excluding carboxylic acids is 1. The molecule has 224 valence electrons. The van der Waals surface area contributed by atoms with E-state index in [2.05, 4.69) is 27.8 Å². The third kappa shape index (κ3) is 5.90. The molecule has 2 heterocycles. The van der Waals surface area contributed by atoms with Gasteiger partial charge in [0.25, 0.3) is 0 Å². The predicted molar refractivity (Wildman–Crippen MR) is 159 cm³/mol. The Morgan fingerprint density at radius 2 is 1.88 bits per heavy atom. The van der Waals surface area contributed by atoms with Crippen molar-refractivity contribution in [3.63, 3.8) is 0 Å². The van der Waals surface area contributed by atoms with E-state index < -0.39 is 27.4 Å². The Morgan fingerprint density at radius 3 is 2.50 bits per heavy atom. The number of hydrogen-bond acceptors (Lipinski definition) is 7. The lowest BCUT2D eigenvalue weighted by Crippen LogP contribution is -2.54. The molecular formula is C32H39FN4O4S. The largest absolute Gasteiger partial charge is 0.446 e. The first-order chi connectivity index (χ1) is 20.2. The van der Waals surface area contributed by atoms with Gasteiger partial charge in [-0.25, -0.2) is 17.6 Å². The number of piperidine rings is 1. The Bertz CT molecular complexity index is 1430. The Kier molecular flexibility index (Phi) is 8.90. The molecule has 10 heteroatoms. The first-order valence-corrected chi connectivity index (χ1v) is 16.3. The van der Waals surface area contributed by atoms with E-state index in [1.807, 2.05) is 18.2 Å². The molecule has 2 aromatic rings. The SMILES string of the molecule is C=CS(=O)(=O)c1ccc(N2CC(CN3CCC(C(C#N)(c4cccc(F)c4)C4CCCC4OC(=O)NC)CC3)C2)cc1. The van der Waals surface area contributed by atoms with Crippen LogP contribution in [-0.2, 0) is 20.0 Å². The smallest absolute Gasteiger partial charge is 0.407 e. The first-order valence-electron chi connectivity index (χ1n) is 14.7. The van der Waals surface area contributed by atoms with E-state index in [0.29, 0.717) is 17.9 Å². The van der Waals surface area contributed by atoms with Crippen molar-refractivity contribution >= 4 is 21.6 Å². The molecule has 5 rings (SSSR count). The van der Waals surface area contributed by atoms with Crippen LogP contribution in [0.25, 0.3) is 0 Å². The summed E-state index contributed by atoms with van der Waals surface area (Å²) >= 11 is 0. The molecule has 2 aromatic carbocycles. The van der Waals surface area contributed by atoms with Gasteiger partial charge in [0.15, 0.2) is 9.84 Å². The minimum absolute atomic E-state index is 0.0164. The van der Waals surface area contributed by atoms with Crippen LogP contribution in [0.5, 0.6) is 0 Å². The summed E-state index contributed by atoms with van der Waals surface area (Å²) in [5, 5.41) is 14.3. The van der Waals surface area contributed by atoms with Gasteiger partial charge in [-0.2, -0.15) is 5.26 Å². The number of carbonyl (C=O) groups is 1. The summed E-state index contributed by atoms with van der Waals surface area (Å²) in [5.41, 5.74) is 0.747. The van der Waals surface area contributed by atoms with Crippen molar-refractivity contribution in [2.75, 3.05) is 44.7 Å². The van der Waals surface area contributed by atoms with Crippen molar-refractivity contribution < 1.29 is 22.3 Å². The highest BCUT2D eigenvalue weighted by Gasteiger charge is 2.53. The average molecular weight is 595 g/mol. The fourth-order valence-corrected chi connectivity index (χ4v) is 8.00. The van der Waals surface area contributed by atoms with E-state index in [1.54, 1.807) is 18.2 Å². The molecule has 1 saturated carbocycles. The molecule has 0 radical (unpaired) electrons. The maximum Gasteiger partial charge on any atom is 0.407 e. The van der Waals surface area contributed by atoms with Crippen molar-refractivity contribution in [2.24, 2.45) is 17.8 Å². The quantitative estimate of drug-likeness (QED) is 0.442. The summed E-state index contributed by atoms with van der Waals surface area (Å²) in [5.74, 6) is -0.0473. The Hall–Kier alpha value is -3.42. The van der Waals surface area contributed by atoms with Crippen molar-refractivity contribution in [1.82, 2.24) is 10.2 Å². The van der Waals surface area contributed by atoms with Gasteiger partial charge in [-0.1, -0.05) is 18.7 Å². The van der Waals surface area contributed by atoms with Crippen LogP contribution in [0.3, 0.4) is 0 Å². The Labute approximate surface area is 248 Å². The highest BCUT2D eigenvalue weighted by Crippen LogP contribution is 2.51. The molecule has 3 unspecified atom stereocenters. The molecule has 8 nitrogen and oxygen atoms in total. The molecule has 2 aliphatic heterocycles. The first kappa shape index (κ1) is 30.1. The van der Waals surface area contributed by atoms with Gasteiger partial charge in [-0.3, -0.25) is 0 Å². The Balaban J connectivity index is 1.24. The number of halogens is 1. The van der Waals surface area contributed by atoms with Gasteiger partial charge in [0, 0.05) is 49.6 Å². The highest BCUT2D eigenvalue weighted by molar-refractivity contribution is 7.94. The van der Waals surface area contributed by atoms with E-state index in [0.717, 1.165) is 69.5 Å². The normalized spacial score (nSPS) is 23.4. The lowest BCUT2D eigenvalue weighted by molar-refractivity contribution is 0.0306. The number of benzene rings is 2. The van der Waals surface area contributed by atoms with Crippen LogP contribution in [-0.4, -0.2) is 65.3 Å². The standard InChI is InChI=1S/C32H39FN4O4S/c1-3-42(39,40)28-12-10-27(11-13-28)37-20-23(21-37)19-36-16-14-24(15-17-36)32(22-34,25-6-4-7-26(33)18-25)29-8-5-9-30(29)41-31(38)35-2/h3-4,6-7,10-13,18,23-24,29-30H,1,5,8-9,14-17,19-21H2,2H3,(H,35,38). The summed E-state index contributed by atoms with van der Waals surface area (Å²) in [6.07, 6.45) is 3.03. The zero-order valence-corrected chi connectivity index (χ0v) is 24.9. The van der Waals surface area contributed by atoms with Gasteiger partial charge in [0.2, 0.25) is 0 Å². The number of nitriles is 1. The molecule has 3 atom stereocenters. The highest BCUT2D eigenvalue weighted by atomic mass is 32.2. The van der Waals surface area contributed by atoms with Gasteiger partial charge in [0.1, 0.15) is 11.9 Å². The lowest BCUT2D eigenvalue weighted by Gasteiger charge is -2.47. The number of rotatable bonds is 9. The zero-order valence-electron chi connectivity index (χ0n) is 24.0. The molecule has 1 aliphatic carbocycles. The van der Waals surface area contributed by atoms with Crippen LogP contribution in [0, 0.1) is 34.9 Å². The second-order valence-corrected chi connectivity index (χ2v) is 13.7. The second kappa shape index (κ2) is 12.4. The van der Waals surface area contributed by atoms with Gasteiger partial charge in [-0.05, 0) is 93.1 Å². The monoisotopic (exact) mass is 594 g/mol. The number of ether oxygens (including phenoxy) is 1. The van der Waals surface area contributed by atoms with Gasteiger partial charge in [-0.15, -0.1) is 0 Å². The topological polar surface area (TPSA) is 103 Å². The number of nitrogens with one attached hydrogen (secondary N) is 1. The van der Waals surface area contributed by atoms with Crippen LogP contribution in [0.15, 0.2) is 65.4 Å². The maximum atomic E-state index is 14.5. The van der Waals surface area contributed by atoms with Gasteiger partial charge < -0.3 is 19.9 Å². The van der Waals surface area contributed by atoms with Crippen molar-refractivity contribution in [3.05, 3.63) is 71.9 Å². The molecule has 3 fully saturated rings. The summed E-state index contributed by atoms with van der Waals surface area (Å²) in [7, 11) is -1.91. The van der Waals surface area contributed by atoms with Gasteiger partial charge in [0.05, 0.1) is 16.4 Å². The average Bonchev–Trinajstić information content (AvgIpc) is 3.44. The predicted octanol–water partition coefficient (Wildman–Crippen LogP) is 4.88. The lowest BCUT2D eigenvalue weighted by atomic mass is 9.59. The molecule has 42 heavy (non-hydrogen) atoms. The molecule has 1 N–H and O–H groups in total.